The number of aliphatic hydroxyl groups excluding tert-OH is 1. The molecule has 4 N–H and O–H groups in total. The van der Waals surface area contributed by atoms with Gasteiger partial charge in [0.2, 0.25) is 5.91 Å². The highest BCUT2D eigenvalue weighted by Crippen LogP contribution is 2.29. The lowest BCUT2D eigenvalue weighted by molar-refractivity contribution is -0.154. The number of oxime groups is 1. The minimum Gasteiger partial charge on any atom is -0.488 e. The lowest BCUT2D eigenvalue weighted by Gasteiger charge is -2.40. The predicted octanol–water partition coefficient (Wildman–Crippen LogP) is 0.991. The maximum atomic E-state index is 12.8. The molecule has 2 aromatic rings. The van der Waals surface area contributed by atoms with Crippen LogP contribution in [0.2, 0.25) is 5.02 Å². The number of amides is 2. The molecule has 35 heavy (non-hydrogen) atoms. The monoisotopic (exact) mass is 512 g/mol. The first-order valence-electron chi connectivity index (χ1n) is 10.3. The summed E-state index contributed by atoms with van der Waals surface area (Å²) in [6, 6.07) is 3.06. The number of carbonyl (C=O) groups excluding carboxylic acids is 2. The number of nitrogens with zero attached hydrogens (tertiary/aromatic N) is 4. The third-order valence-electron chi connectivity index (χ3n) is 5.04. The fourth-order valence-corrected chi connectivity index (χ4v) is 3.46. The molecule has 0 saturated carbocycles. The number of alkyl halides is 2. The van der Waals surface area contributed by atoms with Crippen LogP contribution in [0.15, 0.2) is 35.7 Å². The van der Waals surface area contributed by atoms with E-state index in [1.807, 2.05) is 0 Å². The number of aromatic nitrogens is 2. The molecular formula is C21H23ClF2N6O5. The zero-order chi connectivity index (χ0) is 25.5. The van der Waals surface area contributed by atoms with Gasteiger partial charge in [-0.25, -0.2) is 18.7 Å². The average Bonchev–Trinajstić information content (AvgIpc) is 2.80. The molecule has 0 aliphatic carbocycles. The number of benzene rings is 1. The van der Waals surface area contributed by atoms with Crippen molar-refractivity contribution in [2.75, 3.05) is 20.3 Å². The molecule has 1 aromatic carbocycles. The van der Waals surface area contributed by atoms with E-state index in [2.05, 4.69) is 25.3 Å². The zero-order valence-corrected chi connectivity index (χ0v) is 19.3. The van der Waals surface area contributed by atoms with Gasteiger partial charge in [0.05, 0.1) is 12.1 Å². The fraction of sp³-hybridized carbons (Fsp3) is 0.381. The van der Waals surface area contributed by atoms with E-state index in [9.17, 15) is 23.5 Å². The number of amidine groups is 1. The summed E-state index contributed by atoms with van der Waals surface area (Å²) in [5, 5.41) is 16.8. The summed E-state index contributed by atoms with van der Waals surface area (Å²) in [5.41, 5.74) is 6.17. The average molecular weight is 513 g/mol. The smallest absolute Gasteiger partial charge is 0.272 e. The predicted molar refractivity (Wildman–Crippen MR) is 120 cm³/mol. The summed E-state index contributed by atoms with van der Waals surface area (Å²) in [5.74, 6) is -0.791. The molecular weight excluding hydrogens is 490 g/mol. The minimum atomic E-state index is -2.70. The van der Waals surface area contributed by atoms with E-state index in [0.29, 0.717) is 17.8 Å². The van der Waals surface area contributed by atoms with Crippen molar-refractivity contribution in [3.8, 4) is 5.75 Å². The first kappa shape index (κ1) is 26.0. The summed E-state index contributed by atoms with van der Waals surface area (Å²) in [6.07, 6.45) is -1.12. The Morgan fingerprint density at radius 2 is 2.06 bits per heavy atom. The Morgan fingerprint density at radius 3 is 2.66 bits per heavy atom. The number of hydrogen-bond acceptors (Lipinski definition) is 8. The maximum absolute atomic E-state index is 12.8. The Kier molecular flexibility index (Phi) is 8.71. The van der Waals surface area contributed by atoms with E-state index >= 15 is 0 Å². The van der Waals surface area contributed by atoms with Crippen molar-refractivity contribution in [3.05, 3.63) is 52.6 Å². The van der Waals surface area contributed by atoms with E-state index in [0.717, 1.165) is 0 Å². The van der Waals surface area contributed by atoms with E-state index in [4.69, 9.17) is 22.1 Å². The number of likely N-dealkylation sites (tertiary alicyclic amines) is 1. The van der Waals surface area contributed by atoms with Crippen LogP contribution in [0.5, 0.6) is 5.75 Å². The van der Waals surface area contributed by atoms with E-state index in [-0.39, 0.29) is 35.3 Å². The Hall–Kier alpha value is -3.58. The van der Waals surface area contributed by atoms with Crippen molar-refractivity contribution < 1.29 is 33.1 Å². The summed E-state index contributed by atoms with van der Waals surface area (Å²) in [4.78, 5) is 39.3. The molecule has 14 heteroatoms. The van der Waals surface area contributed by atoms with Gasteiger partial charge in [0.15, 0.2) is 11.9 Å². The van der Waals surface area contributed by atoms with Gasteiger partial charge in [-0.1, -0.05) is 16.8 Å². The number of hydrogen-bond donors (Lipinski definition) is 3. The largest absolute Gasteiger partial charge is 0.488 e. The molecule has 1 aromatic heterocycles. The van der Waals surface area contributed by atoms with Crippen molar-refractivity contribution >= 4 is 29.3 Å². The number of ether oxygens (including phenoxy) is 1. The Bertz CT molecular complexity index is 1090. The molecule has 1 aliphatic heterocycles. The molecule has 11 nitrogen and oxygen atoms in total. The van der Waals surface area contributed by atoms with Crippen LogP contribution in [-0.2, 0) is 21.0 Å². The van der Waals surface area contributed by atoms with Crippen LogP contribution in [-0.4, -0.2) is 70.4 Å². The second-order valence-corrected chi connectivity index (χ2v) is 7.86. The first-order chi connectivity index (χ1) is 16.7. The highest BCUT2D eigenvalue weighted by atomic mass is 35.5. The van der Waals surface area contributed by atoms with Crippen molar-refractivity contribution in [2.45, 2.75) is 31.5 Å². The Labute approximate surface area is 203 Å². The summed E-state index contributed by atoms with van der Waals surface area (Å²) in [6.45, 7) is -0.605. The molecule has 188 valence electrons. The van der Waals surface area contributed by atoms with Crippen LogP contribution in [0.3, 0.4) is 0 Å². The number of rotatable bonds is 10. The molecule has 1 aliphatic rings. The molecule has 1 fully saturated rings. The molecule has 0 bridgehead atoms. The zero-order valence-electron chi connectivity index (χ0n) is 18.5. The van der Waals surface area contributed by atoms with Crippen molar-refractivity contribution in [3.63, 3.8) is 0 Å². The number of nitrogens with one attached hydrogen (secondary N) is 1. The van der Waals surface area contributed by atoms with Crippen molar-refractivity contribution in [1.29, 1.82) is 0 Å². The SMILES string of the molecule is CO/N=C(\N)c1cnc(CNC(=O)[C@@H]2CCN2C(=O)[C@H](O)c2cc(Cl)cc(OCC(F)F)c2)nc1. The molecule has 1 saturated heterocycles. The van der Waals surface area contributed by atoms with Crippen LogP contribution < -0.4 is 15.8 Å². The normalized spacial score (nSPS) is 16.5. The molecule has 2 heterocycles. The van der Waals surface area contributed by atoms with Crippen LogP contribution in [0, 0.1) is 0 Å². The Morgan fingerprint density at radius 1 is 1.34 bits per heavy atom. The summed E-state index contributed by atoms with van der Waals surface area (Å²) < 4.78 is 29.7. The second-order valence-electron chi connectivity index (χ2n) is 7.43. The van der Waals surface area contributed by atoms with E-state index in [1.54, 1.807) is 0 Å². The lowest BCUT2D eigenvalue weighted by atomic mass is 9.99. The lowest BCUT2D eigenvalue weighted by Crippen LogP contribution is -2.59. The molecule has 2 amide bonds. The van der Waals surface area contributed by atoms with Gasteiger partial charge in [-0.2, -0.15) is 0 Å². The second kappa shape index (κ2) is 11.7. The van der Waals surface area contributed by atoms with Gasteiger partial charge in [-0.3, -0.25) is 9.59 Å². The quantitative estimate of drug-likeness (QED) is 0.242. The standard InChI is InChI=1S/C21H23ClF2N6O5/c1-34-29-19(25)12-7-26-17(27-8-12)9-28-20(32)15-2-3-30(15)21(33)18(31)11-4-13(22)6-14(5-11)35-10-16(23)24/h4-8,15-16,18,31H,2-3,9-10H2,1H3,(H2,25,29)(H,28,32)/t15-,18+/m0/s1. The van der Waals surface area contributed by atoms with Gasteiger partial charge in [-0.15, -0.1) is 0 Å². The van der Waals surface area contributed by atoms with Gasteiger partial charge < -0.3 is 30.6 Å². The third kappa shape index (κ3) is 6.73. The molecule has 2 atom stereocenters. The number of aliphatic hydroxyl groups is 1. The van der Waals surface area contributed by atoms with E-state index in [1.165, 1.54) is 42.6 Å². The maximum Gasteiger partial charge on any atom is 0.272 e. The molecule has 0 spiro atoms. The molecule has 0 unspecified atom stereocenters. The molecule has 3 rings (SSSR count). The minimum absolute atomic E-state index is 0.000647. The van der Waals surface area contributed by atoms with Gasteiger partial charge in [-0.05, 0) is 30.2 Å². The number of nitrogens with two attached hydrogens (primary N) is 1. The van der Waals surface area contributed by atoms with Gasteiger partial charge in [0, 0.05) is 24.0 Å². The van der Waals surface area contributed by atoms with Gasteiger partial charge >= 0.3 is 0 Å². The number of halogens is 3. The number of carbonyl (C=O) groups is 2. The van der Waals surface area contributed by atoms with Crippen molar-refractivity contribution in [1.82, 2.24) is 20.2 Å². The van der Waals surface area contributed by atoms with Crippen LogP contribution in [0.1, 0.15) is 29.5 Å². The van der Waals surface area contributed by atoms with Crippen molar-refractivity contribution in [2.24, 2.45) is 10.9 Å². The van der Waals surface area contributed by atoms with Crippen LogP contribution in [0.4, 0.5) is 8.78 Å². The van der Waals surface area contributed by atoms with Gasteiger partial charge in [0.25, 0.3) is 12.3 Å². The molecule has 0 radical (unpaired) electrons. The van der Waals surface area contributed by atoms with E-state index < -0.39 is 37.0 Å². The summed E-state index contributed by atoms with van der Waals surface area (Å²) in [7, 11) is 1.35. The highest BCUT2D eigenvalue weighted by Gasteiger charge is 2.40. The highest BCUT2D eigenvalue weighted by molar-refractivity contribution is 6.30. The summed E-state index contributed by atoms with van der Waals surface area (Å²) >= 11 is 5.96. The fourth-order valence-electron chi connectivity index (χ4n) is 3.22. The van der Waals surface area contributed by atoms with Crippen LogP contribution in [0.25, 0.3) is 0 Å². The topological polar surface area (TPSA) is 152 Å². The Balaban J connectivity index is 1.58. The van der Waals surface area contributed by atoms with Crippen LogP contribution >= 0.6 is 11.6 Å². The van der Waals surface area contributed by atoms with Gasteiger partial charge in [0.1, 0.15) is 31.3 Å². The first-order valence-corrected chi connectivity index (χ1v) is 10.7. The third-order valence-corrected chi connectivity index (χ3v) is 5.25.